The number of aryl methyl sites for hydroxylation is 2. The number of hydrogen-bond acceptors (Lipinski definition) is 1. The minimum atomic E-state index is -1.13. The third kappa shape index (κ3) is 5.76. The van der Waals surface area contributed by atoms with Gasteiger partial charge in [-0.05, 0) is 122 Å². The molecule has 41 heavy (non-hydrogen) atoms. The zero-order chi connectivity index (χ0) is 29.3. The lowest BCUT2D eigenvalue weighted by molar-refractivity contribution is 0.353. The van der Waals surface area contributed by atoms with Crippen molar-refractivity contribution in [3.05, 3.63) is 104 Å². The second-order valence-electron chi connectivity index (χ2n) is 11.6. The summed E-state index contributed by atoms with van der Waals surface area (Å²) in [6, 6.07) is 9.52. The summed E-state index contributed by atoms with van der Waals surface area (Å²) in [5.41, 5.74) is 1.44. The molecule has 3 aromatic carbocycles. The van der Waals surface area contributed by atoms with E-state index in [4.69, 9.17) is 5.26 Å². The van der Waals surface area contributed by atoms with Crippen LogP contribution >= 0.6 is 0 Å². The van der Waals surface area contributed by atoms with Crippen LogP contribution in [0.25, 0.3) is 0 Å². The van der Waals surface area contributed by atoms with Gasteiger partial charge in [-0.15, -0.1) is 0 Å². The molecule has 1 unspecified atom stereocenters. The molecule has 2 aliphatic rings. The monoisotopic (exact) mass is 569 g/mol. The van der Waals surface area contributed by atoms with Crippen molar-refractivity contribution in [2.24, 2.45) is 5.92 Å². The van der Waals surface area contributed by atoms with Gasteiger partial charge in [-0.3, -0.25) is 0 Å². The third-order valence-electron chi connectivity index (χ3n) is 9.16. The highest BCUT2D eigenvalue weighted by Crippen LogP contribution is 2.45. The lowest BCUT2D eigenvalue weighted by Gasteiger charge is -2.32. The van der Waals surface area contributed by atoms with Gasteiger partial charge in [-0.2, -0.15) is 5.26 Å². The maximum Gasteiger partial charge on any atom is 0.165 e. The molecular formula is C34H33F6N. The van der Waals surface area contributed by atoms with Crippen LogP contribution in [0.1, 0.15) is 103 Å². The van der Waals surface area contributed by atoms with Gasteiger partial charge in [0.2, 0.25) is 0 Å². The highest BCUT2D eigenvalue weighted by molar-refractivity contribution is 5.41. The predicted molar refractivity (Wildman–Crippen MR) is 146 cm³/mol. The van der Waals surface area contributed by atoms with Crippen LogP contribution < -0.4 is 0 Å². The third-order valence-corrected chi connectivity index (χ3v) is 9.16. The Balaban J connectivity index is 1.27. The Labute approximate surface area is 237 Å². The molecule has 0 aromatic heterocycles. The number of hydrogen-bond donors (Lipinski definition) is 0. The Bertz CT molecular complexity index is 1480. The molecule has 0 heterocycles. The molecule has 5 rings (SSSR count). The van der Waals surface area contributed by atoms with Crippen molar-refractivity contribution in [3.63, 3.8) is 0 Å². The van der Waals surface area contributed by atoms with Crippen LogP contribution in [0.2, 0.25) is 0 Å². The summed E-state index contributed by atoms with van der Waals surface area (Å²) in [4.78, 5) is 0. The number of fused-ring (bicyclic) bond motifs is 1. The van der Waals surface area contributed by atoms with Crippen molar-refractivity contribution >= 4 is 0 Å². The Morgan fingerprint density at radius 1 is 0.732 bits per heavy atom. The number of nitriles is 1. The summed E-state index contributed by atoms with van der Waals surface area (Å²) in [5, 5.41) is 8.95. The van der Waals surface area contributed by atoms with Crippen molar-refractivity contribution in [2.45, 2.75) is 89.4 Å². The SMILES string of the molecule is CCCc1ccc(CCC2CCc3c(F)c(C4CCC(c5ccc(C#N)c(F)c5)CC4)c(F)c(F)c3C2)c(F)c1F. The van der Waals surface area contributed by atoms with E-state index in [2.05, 4.69) is 0 Å². The second kappa shape index (κ2) is 12.3. The van der Waals surface area contributed by atoms with E-state index < -0.39 is 40.8 Å². The van der Waals surface area contributed by atoms with E-state index in [9.17, 15) is 13.2 Å². The Hall–Kier alpha value is -3.27. The maximum atomic E-state index is 15.7. The topological polar surface area (TPSA) is 23.8 Å². The fourth-order valence-corrected chi connectivity index (χ4v) is 6.83. The highest BCUT2D eigenvalue weighted by Gasteiger charge is 2.34. The van der Waals surface area contributed by atoms with Crippen molar-refractivity contribution in [3.8, 4) is 6.07 Å². The van der Waals surface area contributed by atoms with E-state index in [0.29, 0.717) is 56.9 Å². The van der Waals surface area contributed by atoms with Gasteiger partial charge in [-0.1, -0.05) is 31.5 Å². The summed E-state index contributed by atoms with van der Waals surface area (Å²) in [6.45, 7) is 1.90. The molecule has 2 aliphatic carbocycles. The molecular weight excluding hydrogens is 536 g/mol. The van der Waals surface area contributed by atoms with Gasteiger partial charge < -0.3 is 0 Å². The van der Waals surface area contributed by atoms with E-state index in [1.54, 1.807) is 24.3 Å². The van der Waals surface area contributed by atoms with Crippen molar-refractivity contribution in [1.82, 2.24) is 0 Å². The summed E-state index contributed by atoms with van der Waals surface area (Å²) >= 11 is 0. The van der Waals surface area contributed by atoms with Crippen LogP contribution in [-0.4, -0.2) is 0 Å². The average Bonchev–Trinajstić information content (AvgIpc) is 2.98. The Morgan fingerprint density at radius 3 is 2.02 bits per heavy atom. The summed E-state index contributed by atoms with van der Waals surface area (Å²) < 4.78 is 89.5. The van der Waals surface area contributed by atoms with Gasteiger partial charge in [0.15, 0.2) is 23.3 Å². The first-order valence-electron chi connectivity index (χ1n) is 14.6. The number of halogens is 6. The first-order valence-corrected chi connectivity index (χ1v) is 14.6. The van der Waals surface area contributed by atoms with Gasteiger partial charge in [-0.25, -0.2) is 26.3 Å². The molecule has 7 heteroatoms. The van der Waals surface area contributed by atoms with Crippen LogP contribution in [0.3, 0.4) is 0 Å². The second-order valence-corrected chi connectivity index (χ2v) is 11.6. The van der Waals surface area contributed by atoms with Crippen molar-refractivity contribution < 1.29 is 26.3 Å². The fraction of sp³-hybridized carbons (Fsp3) is 0.441. The fourth-order valence-electron chi connectivity index (χ4n) is 6.83. The first-order chi connectivity index (χ1) is 19.7. The molecule has 1 nitrogen and oxygen atoms in total. The summed E-state index contributed by atoms with van der Waals surface area (Å²) in [7, 11) is 0. The molecule has 3 aromatic rings. The molecule has 0 radical (unpaired) electrons. The van der Waals surface area contributed by atoms with E-state index >= 15 is 13.2 Å². The standard InChI is InChI=1S/C34H33F6N/c1-2-3-22-11-12-23(31(37)30(22)36)6-4-19-5-15-26-27(16-19)33(39)34(40)29(32(26)38)21-9-7-20(8-10-21)24-13-14-25(18-41)28(35)17-24/h11-14,17,19-21H,2-10,15-16H2,1H3. The smallest absolute Gasteiger partial charge is 0.165 e. The van der Waals surface area contributed by atoms with Crippen molar-refractivity contribution in [2.75, 3.05) is 0 Å². The molecule has 0 saturated heterocycles. The van der Waals surface area contributed by atoms with Crippen LogP contribution in [0, 0.1) is 52.2 Å². The summed E-state index contributed by atoms with van der Waals surface area (Å²) in [5.74, 6) is -5.61. The molecule has 0 spiro atoms. The highest BCUT2D eigenvalue weighted by atomic mass is 19.2. The van der Waals surface area contributed by atoms with Gasteiger partial charge in [0, 0.05) is 5.56 Å². The number of rotatable bonds is 7. The first kappa shape index (κ1) is 29.2. The summed E-state index contributed by atoms with van der Waals surface area (Å²) in [6.07, 6.45) is 4.92. The lowest BCUT2D eigenvalue weighted by atomic mass is 9.73. The molecule has 1 fully saturated rings. The number of nitrogens with zero attached hydrogens (tertiary/aromatic N) is 1. The van der Waals surface area contributed by atoms with Gasteiger partial charge >= 0.3 is 0 Å². The molecule has 1 saturated carbocycles. The molecule has 0 bridgehead atoms. The molecule has 0 aliphatic heterocycles. The normalized spacial score (nSPS) is 20.5. The Kier molecular flexibility index (Phi) is 8.77. The zero-order valence-electron chi connectivity index (χ0n) is 23.1. The number of benzene rings is 3. The van der Waals surface area contributed by atoms with E-state index in [-0.39, 0.29) is 58.9 Å². The van der Waals surface area contributed by atoms with E-state index in [1.807, 2.05) is 6.92 Å². The van der Waals surface area contributed by atoms with Crippen LogP contribution in [0.5, 0.6) is 0 Å². The van der Waals surface area contributed by atoms with E-state index in [1.165, 1.54) is 12.1 Å². The van der Waals surface area contributed by atoms with Crippen LogP contribution in [0.4, 0.5) is 26.3 Å². The van der Waals surface area contributed by atoms with Gasteiger partial charge in [0.25, 0.3) is 0 Å². The van der Waals surface area contributed by atoms with Gasteiger partial charge in [0.05, 0.1) is 5.56 Å². The lowest BCUT2D eigenvalue weighted by Crippen LogP contribution is -2.23. The quantitative estimate of drug-likeness (QED) is 0.205. The molecule has 0 N–H and O–H groups in total. The van der Waals surface area contributed by atoms with Crippen LogP contribution in [0.15, 0.2) is 30.3 Å². The largest absolute Gasteiger partial charge is 0.206 e. The van der Waals surface area contributed by atoms with Crippen LogP contribution in [-0.2, 0) is 25.7 Å². The molecule has 216 valence electrons. The average molecular weight is 570 g/mol. The van der Waals surface area contributed by atoms with Crippen molar-refractivity contribution in [1.29, 1.82) is 5.26 Å². The minimum absolute atomic E-state index is 0.00371. The van der Waals surface area contributed by atoms with E-state index in [0.717, 1.165) is 5.56 Å². The molecule has 1 atom stereocenters. The Morgan fingerprint density at radius 2 is 1.39 bits per heavy atom. The molecule has 0 amide bonds. The predicted octanol–water partition coefficient (Wildman–Crippen LogP) is 9.52. The maximum absolute atomic E-state index is 15.7. The van der Waals surface area contributed by atoms with Gasteiger partial charge in [0.1, 0.15) is 17.7 Å². The minimum Gasteiger partial charge on any atom is -0.206 e. The zero-order valence-corrected chi connectivity index (χ0v) is 23.1.